The zero-order valence-corrected chi connectivity index (χ0v) is 17.2. The highest BCUT2D eigenvalue weighted by molar-refractivity contribution is 5.94. The Morgan fingerprint density at radius 1 is 0.857 bits per heavy atom. The zero-order chi connectivity index (χ0) is 20.4. The Balaban J connectivity index is 2.10. The van der Waals surface area contributed by atoms with E-state index in [1.54, 1.807) is 43.4 Å². The summed E-state index contributed by atoms with van der Waals surface area (Å²) in [5, 5.41) is 0. The monoisotopic (exact) mass is 386 g/mol. The third-order valence-electron chi connectivity index (χ3n) is 4.62. The fraction of sp³-hybridized carbons (Fsp3) is 0.409. The van der Waals surface area contributed by atoms with Crippen molar-refractivity contribution in [1.82, 2.24) is 4.90 Å². The van der Waals surface area contributed by atoms with E-state index in [0.29, 0.717) is 18.0 Å². The van der Waals surface area contributed by atoms with Gasteiger partial charge in [0.25, 0.3) is 5.91 Å². The predicted molar refractivity (Wildman–Crippen MR) is 112 cm³/mol. The van der Waals surface area contributed by atoms with Gasteiger partial charge in [-0.3, -0.25) is 4.79 Å². The SMILES string of the molecule is CCN(CC)CCN(C(=O)COc1ccc(OC)cc1)c1cccc(OC)c1. The summed E-state index contributed by atoms with van der Waals surface area (Å²) in [4.78, 5) is 17.0. The van der Waals surface area contributed by atoms with Gasteiger partial charge in [0.2, 0.25) is 0 Å². The average molecular weight is 386 g/mol. The van der Waals surface area contributed by atoms with E-state index in [4.69, 9.17) is 14.2 Å². The van der Waals surface area contributed by atoms with E-state index in [1.165, 1.54) is 0 Å². The normalized spacial score (nSPS) is 10.6. The van der Waals surface area contributed by atoms with E-state index < -0.39 is 0 Å². The molecule has 0 N–H and O–H groups in total. The molecule has 0 aliphatic rings. The van der Waals surface area contributed by atoms with Crippen LogP contribution in [0.2, 0.25) is 0 Å². The number of amides is 1. The summed E-state index contributed by atoms with van der Waals surface area (Å²) in [6.07, 6.45) is 0. The number of carbonyl (C=O) groups excluding carboxylic acids is 1. The van der Waals surface area contributed by atoms with E-state index in [-0.39, 0.29) is 12.5 Å². The Labute approximate surface area is 167 Å². The van der Waals surface area contributed by atoms with E-state index in [2.05, 4.69) is 18.7 Å². The van der Waals surface area contributed by atoms with Gasteiger partial charge in [-0.1, -0.05) is 19.9 Å². The molecule has 2 aromatic carbocycles. The smallest absolute Gasteiger partial charge is 0.264 e. The van der Waals surface area contributed by atoms with Gasteiger partial charge < -0.3 is 24.0 Å². The standard InChI is InChI=1S/C22H30N2O4/c1-5-23(6-2)14-15-24(18-8-7-9-21(16-18)27-4)22(25)17-28-20-12-10-19(26-3)11-13-20/h7-13,16H,5-6,14-15,17H2,1-4H3. The van der Waals surface area contributed by atoms with E-state index >= 15 is 0 Å². The van der Waals surface area contributed by atoms with Crippen molar-refractivity contribution in [3.05, 3.63) is 48.5 Å². The van der Waals surface area contributed by atoms with Crippen molar-refractivity contribution >= 4 is 11.6 Å². The zero-order valence-electron chi connectivity index (χ0n) is 17.2. The number of anilines is 1. The summed E-state index contributed by atoms with van der Waals surface area (Å²) < 4.78 is 16.1. The third-order valence-corrected chi connectivity index (χ3v) is 4.62. The van der Waals surface area contributed by atoms with E-state index in [0.717, 1.165) is 31.1 Å². The van der Waals surface area contributed by atoms with Gasteiger partial charge in [0.15, 0.2) is 6.61 Å². The maximum absolute atomic E-state index is 12.9. The summed E-state index contributed by atoms with van der Waals surface area (Å²) in [5.41, 5.74) is 0.801. The summed E-state index contributed by atoms with van der Waals surface area (Å²) in [5.74, 6) is 1.99. The number of benzene rings is 2. The highest BCUT2D eigenvalue weighted by Crippen LogP contribution is 2.22. The molecule has 0 unspecified atom stereocenters. The number of nitrogens with zero attached hydrogens (tertiary/aromatic N) is 2. The molecule has 6 heteroatoms. The molecule has 28 heavy (non-hydrogen) atoms. The first-order valence-electron chi connectivity index (χ1n) is 9.54. The second kappa shape index (κ2) is 11.2. The van der Waals surface area contributed by atoms with Gasteiger partial charge in [0.1, 0.15) is 17.2 Å². The fourth-order valence-corrected chi connectivity index (χ4v) is 2.85. The molecule has 0 saturated heterocycles. The molecular weight excluding hydrogens is 356 g/mol. The van der Waals surface area contributed by atoms with Crippen LogP contribution in [-0.2, 0) is 4.79 Å². The molecule has 0 radical (unpaired) electrons. The van der Waals surface area contributed by atoms with E-state index in [9.17, 15) is 4.79 Å². The lowest BCUT2D eigenvalue weighted by Gasteiger charge is -2.27. The van der Waals surface area contributed by atoms with Crippen molar-refractivity contribution in [2.24, 2.45) is 0 Å². The van der Waals surface area contributed by atoms with E-state index in [1.807, 2.05) is 24.3 Å². The summed E-state index contributed by atoms with van der Waals surface area (Å²) in [6, 6.07) is 14.7. The van der Waals surface area contributed by atoms with Gasteiger partial charge in [-0.25, -0.2) is 0 Å². The molecule has 0 bridgehead atoms. The van der Waals surface area contributed by atoms with Crippen LogP contribution in [0.3, 0.4) is 0 Å². The van der Waals surface area contributed by atoms with Crippen LogP contribution in [0.4, 0.5) is 5.69 Å². The van der Waals surface area contributed by atoms with Gasteiger partial charge in [0.05, 0.1) is 14.2 Å². The highest BCUT2D eigenvalue weighted by Gasteiger charge is 2.18. The number of rotatable bonds is 11. The Kier molecular flexibility index (Phi) is 8.62. The maximum atomic E-state index is 12.9. The largest absolute Gasteiger partial charge is 0.497 e. The van der Waals surface area contributed by atoms with Crippen LogP contribution >= 0.6 is 0 Å². The number of likely N-dealkylation sites (N-methyl/N-ethyl adjacent to an activating group) is 1. The molecule has 2 rings (SSSR count). The lowest BCUT2D eigenvalue weighted by molar-refractivity contribution is -0.120. The molecule has 6 nitrogen and oxygen atoms in total. The van der Waals surface area contributed by atoms with Crippen LogP contribution in [0.1, 0.15) is 13.8 Å². The van der Waals surface area contributed by atoms with Crippen molar-refractivity contribution in [3.63, 3.8) is 0 Å². The number of carbonyl (C=O) groups is 1. The van der Waals surface area contributed by atoms with Crippen LogP contribution in [0.5, 0.6) is 17.2 Å². The topological polar surface area (TPSA) is 51.2 Å². The van der Waals surface area contributed by atoms with Crippen LogP contribution in [-0.4, -0.2) is 57.8 Å². The van der Waals surface area contributed by atoms with Crippen molar-refractivity contribution in [3.8, 4) is 17.2 Å². The highest BCUT2D eigenvalue weighted by atomic mass is 16.5. The quantitative estimate of drug-likeness (QED) is 0.592. The van der Waals surface area contributed by atoms with Gasteiger partial charge in [-0.05, 0) is 49.5 Å². The first-order valence-corrected chi connectivity index (χ1v) is 9.54. The number of ether oxygens (including phenoxy) is 3. The molecule has 0 aliphatic heterocycles. The predicted octanol–water partition coefficient (Wildman–Crippen LogP) is 3.46. The molecule has 152 valence electrons. The van der Waals surface area contributed by atoms with Crippen molar-refractivity contribution in [2.75, 3.05) is 51.9 Å². The van der Waals surface area contributed by atoms with Gasteiger partial charge >= 0.3 is 0 Å². The lowest BCUT2D eigenvalue weighted by atomic mass is 10.2. The molecule has 2 aromatic rings. The number of methoxy groups -OCH3 is 2. The molecule has 0 heterocycles. The Hall–Kier alpha value is -2.73. The average Bonchev–Trinajstić information content (AvgIpc) is 2.75. The summed E-state index contributed by atoms with van der Waals surface area (Å²) in [7, 11) is 3.23. The van der Waals surface area contributed by atoms with Crippen LogP contribution in [0.15, 0.2) is 48.5 Å². The minimum Gasteiger partial charge on any atom is -0.497 e. The van der Waals surface area contributed by atoms with Crippen molar-refractivity contribution in [1.29, 1.82) is 0 Å². The molecule has 0 spiro atoms. The minimum atomic E-state index is -0.101. The molecule has 0 saturated carbocycles. The third kappa shape index (κ3) is 6.16. The molecule has 1 amide bonds. The van der Waals surface area contributed by atoms with Crippen LogP contribution in [0, 0.1) is 0 Å². The molecule has 0 atom stereocenters. The summed E-state index contributed by atoms with van der Waals surface area (Å²) >= 11 is 0. The number of hydrogen-bond acceptors (Lipinski definition) is 5. The minimum absolute atomic E-state index is 0.0399. The molecule has 0 aromatic heterocycles. The Bertz CT molecular complexity index is 730. The molecular formula is C22H30N2O4. The van der Waals surface area contributed by atoms with Gasteiger partial charge in [-0.2, -0.15) is 0 Å². The first kappa shape index (κ1) is 21.6. The summed E-state index contributed by atoms with van der Waals surface area (Å²) in [6.45, 7) is 7.46. The van der Waals surface area contributed by atoms with Gasteiger partial charge in [0, 0.05) is 24.8 Å². The Morgan fingerprint density at radius 2 is 1.50 bits per heavy atom. The van der Waals surface area contributed by atoms with Crippen molar-refractivity contribution < 1.29 is 19.0 Å². The molecule has 0 aliphatic carbocycles. The van der Waals surface area contributed by atoms with Crippen LogP contribution < -0.4 is 19.1 Å². The van der Waals surface area contributed by atoms with Gasteiger partial charge in [-0.15, -0.1) is 0 Å². The fourth-order valence-electron chi connectivity index (χ4n) is 2.85. The maximum Gasteiger partial charge on any atom is 0.264 e. The second-order valence-electron chi connectivity index (χ2n) is 6.24. The first-order chi connectivity index (χ1) is 13.6. The Morgan fingerprint density at radius 3 is 2.11 bits per heavy atom. The van der Waals surface area contributed by atoms with Crippen LogP contribution in [0.25, 0.3) is 0 Å². The number of hydrogen-bond donors (Lipinski definition) is 0. The molecule has 0 fully saturated rings. The van der Waals surface area contributed by atoms with Crippen molar-refractivity contribution in [2.45, 2.75) is 13.8 Å². The lowest BCUT2D eigenvalue weighted by Crippen LogP contribution is -2.41. The second-order valence-corrected chi connectivity index (χ2v) is 6.24.